The van der Waals surface area contributed by atoms with Gasteiger partial charge in [-0.15, -0.1) is 0 Å². The van der Waals surface area contributed by atoms with Crippen LogP contribution in [0.5, 0.6) is 0 Å². The minimum Gasteiger partial charge on any atom is -0.323 e. The quantitative estimate of drug-likeness (QED) is 0.524. The maximum Gasteiger partial charge on any atom is 0.271 e. The first kappa shape index (κ1) is 18.0. The number of nitro benzene ring substituents is 1. The fourth-order valence-electron chi connectivity index (χ4n) is 2.59. The van der Waals surface area contributed by atoms with E-state index in [0.29, 0.717) is 22.9 Å². The van der Waals surface area contributed by atoms with Crippen LogP contribution >= 0.6 is 0 Å². The summed E-state index contributed by atoms with van der Waals surface area (Å²) in [7, 11) is 0. The fraction of sp³-hybridized carbons (Fsp3) is 0.105. The number of anilines is 3. The molecule has 0 aliphatic carbocycles. The predicted molar refractivity (Wildman–Crippen MR) is 102 cm³/mol. The highest BCUT2D eigenvalue weighted by molar-refractivity contribution is 6.08. The standard InChI is InChI=1S/C19H17N5O3/c1-12-10-13(2)21-19(20-12)23-17-9-4-3-8-16(17)18(25)22-14-6-5-7-15(11-14)24(26)27/h3-11H,1-2H3,(H,22,25)(H,20,21,23). The number of carbonyl (C=O) groups is 1. The second-order valence-corrected chi connectivity index (χ2v) is 5.91. The van der Waals surface area contributed by atoms with Gasteiger partial charge in [0, 0.05) is 29.2 Å². The molecule has 1 heterocycles. The molecule has 0 unspecified atom stereocenters. The molecule has 0 aliphatic heterocycles. The van der Waals surface area contributed by atoms with Crippen LogP contribution in [0.3, 0.4) is 0 Å². The van der Waals surface area contributed by atoms with Crippen LogP contribution in [-0.4, -0.2) is 20.8 Å². The molecule has 0 fully saturated rings. The molecule has 1 aromatic heterocycles. The Morgan fingerprint density at radius 3 is 2.41 bits per heavy atom. The molecular formula is C19H17N5O3. The second-order valence-electron chi connectivity index (χ2n) is 5.91. The molecule has 2 N–H and O–H groups in total. The molecule has 1 amide bonds. The van der Waals surface area contributed by atoms with Crippen LogP contribution in [0.1, 0.15) is 21.7 Å². The van der Waals surface area contributed by atoms with Crippen LogP contribution in [0.15, 0.2) is 54.6 Å². The summed E-state index contributed by atoms with van der Waals surface area (Å²) < 4.78 is 0. The van der Waals surface area contributed by atoms with Crippen molar-refractivity contribution in [2.24, 2.45) is 0 Å². The van der Waals surface area contributed by atoms with E-state index in [0.717, 1.165) is 11.4 Å². The van der Waals surface area contributed by atoms with E-state index in [9.17, 15) is 14.9 Å². The van der Waals surface area contributed by atoms with E-state index in [-0.39, 0.29) is 5.69 Å². The largest absolute Gasteiger partial charge is 0.323 e. The highest BCUT2D eigenvalue weighted by Crippen LogP contribution is 2.22. The number of benzene rings is 2. The summed E-state index contributed by atoms with van der Waals surface area (Å²) in [5.41, 5.74) is 2.76. The van der Waals surface area contributed by atoms with Gasteiger partial charge in [-0.25, -0.2) is 9.97 Å². The third-order valence-electron chi connectivity index (χ3n) is 3.72. The Kier molecular flexibility index (Phi) is 5.07. The Morgan fingerprint density at radius 2 is 1.70 bits per heavy atom. The number of nitrogens with zero attached hydrogens (tertiary/aromatic N) is 3. The third-order valence-corrected chi connectivity index (χ3v) is 3.72. The van der Waals surface area contributed by atoms with Crippen LogP contribution in [0, 0.1) is 24.0 Å². The third kappa shape index (κ3) is 4.43. The lowest BCUT2D eigenvalue weighted by Crippen LogP contribution is -2.14. The van der Waals surface area contributed by atoms with Crippen molar-refractivity contribution in [2.45, 2.75) is 13.8 Å². The van der Waals surface area contributed by atoms with Crippen LogP contribution in [-0.2, 0) is 0 Å². The summed E-state index contributed by atoms with van der Waals surface area (Å²) in [5.74, 6) is -0.00827. The van der Waals surface area contributed by atoms with E-state index in [2.05, 4.69) is 20.6 Å². The first-order valence-electron chi connectivity index (χ1n) is 8.16. The zero-order valence-corrected chi connectivity index (χ0v) is 14.8. The number of nitro groups is 1. The molecule has 8 heteroatoms. The molecular weight excluding hydrogens is 346 g/mol. The van der Waals surface area contributed by atoms with Gasteiger partial charge in [0.2, 0.25) is 5.95 Å². The SMILES string of the molecule is Cc1cc(C)nc(Nc2ccccc2C(=O)Nc2cccc([N+](=O)[O-])c2)n1. The van der Waals surface area contributed by atoms with Crippen molar-refractivity contribution < 1.29 is 9.72 Å². The molecule has 0 saturated heterocycles. The zero-order chi connectivity index (χ0) is 19.4. The number of carbonyl (C=O) groups excluding carboxylic acids is 1. The summed E-state index contributed by atoms with van der Waals surface area (Å²) in [6.45, 7) is 3.72. The van der Waals surface area contributed by atoms with E-state index in [1.807, 2.05) is 19.9 Å². The van der Waals surface area contributed by atoms with Crippen molar-refractivity contribution in [3.63, 3.8) is 0 Å². The number of hydrogen-bond donors (Lipinski definition) is 2. The van der Waals surface area contributed by atoms with Gasteiger partial charge < -0.3 is 10.6 Å². The Morgan fingerprint density at radius 1 is 1.00 bits per heavy atom. The number of aromatic nitrogens is 2. The average molecular weight is 363 g/mol. The smallest absolute Gasteiger partial charge is 0.271 e. The van der Waals surface area contributed by atoms with Crippen LogP contribution in [0.4, 0.5) is 23.0 Å². The molecule has 27 heavy (non-hydrogen) atoms. The molecule has 0 saturated carbocycles. The lowest BCUT2D eigenvalue weighted by Gasteiger charge is -2.12. The van der Waals surface area contributed by atoms with E-state index in [4.69, 9.17) is 0 Å². The summed E-state index contributed by atoms with van der Waals surface area (Å²) in [6.07, 6.45) is 0. The van der Waals surface area contributed by atoms with E-state index in [1.165, 1.54) is 18.2 Å². The number of nitrogens with one attached hydrogen (secondary N) is 2. The van der Waals surface area contributed by atoms with E-state index >= 15 is 0 Å². The van der Waals surface area contributed by atoms with Gasteiger partial charge in [0.25, 0.3) is 11.6 Å². The van der Waals surface area contributed by atoms with Crippen LogP contribution < -0.4 is 10.6 Å². The molecule has 136 valence electrons. The Balaban J connectivity index is 1.85. The lowest BCUT2D eigenvalue weighted by molar-refractivity contribution is -0.384. The van der Waals surface area contributed by atoms with Gasteiger partial charge in [-0.1, -0.05) is 18.2 Å². The number of rotatable bonds is 5. The van der Waals surface area contributed by atoms with Gasteiger partial charge >= 0.3 is 0 Å². The molecule has 3 aromatic rings. The zero-order valence-electron chi connectivity index (χ0n) is 14.8. The van der Waals surface area contributed by atoms with E-state index < -0.39 is 10.8 Å². The fourth-order valence-corrected chi connectivity index (χ4v) is 2.59. The molecule has 0 bridgehead atoms. The van der Waals surface area contributed by atoms with E-state index in [1.54, 1.807) is 30.3 Å². The first-order valence-corrected chi connectivity index (χ1v) is 8.16. The molecule has 3 rings (SSSR count). The first-order chi connectivity index (χ1) is 12.9. The number of non-ortho nitro benzene ring substituents is 1. The van der Waals surface area contributed by atoms with Gasteiger partial charge in [0.1, 0.15) is 0 Å². The van der Waals surface area contributed by atoms with Crippen molar-refractivity contribution >= 4 is 28.9 Å². The Hall–Kier alpha value is -3.81. The average Bonchev–Trinajstić information content (AvgIpc) is 2.61. The minimum atomic E-state index is -0.511. The summed E-state index contributed by atoms with van der Waals surface area (Å²) in [4.78, 5) is 31.7. The monoisotopic (exact) mass is 363 g/mol. The number of aryl methyl sites for hydroxylation is 2. The highest BCUT2D eigenvalue weighted by atomic mass is 16.6. The van der Waals surface area contributed by atoms with Gasteiger partial charge in [-0.3, -0.25) is 14.9 Å². The predicted octanol–water partition coefficient (Wildman–Crippen LogP) is 4.00. The van der Waals surface area contributed by atoms with Crippen molar-refractivity contribution in [3.05, 3.63) is 81.7 Å². The van der Waals surface area contributed by atoms with Crippen molar-refractivity contribution in [2.75, 3.05) is 10.6 Å². The highest BCUT2D eigenvalue weighted by Gasteiger charge is 2.14. The maximum atomic E-state index is 12.7. The molecule has 0 atom stereocenters. The van der Waals surface area contributed by atoms with Crippen LogP contribution in [0.25, 0.3) is 0 Å². The second kappa shape index (κ2) is 7.61. The Bertz CT molecular complexity index is 999. The number of amides is 1. The van der Waals surface area contributed by atoms with Gasteiger partial charge in [0.05, 0.1) is 16.2 Å². The van der Waals surface area contributed by atoms with Gasteiger partial charge in [-0.05, 0) is 38.1 Å². The van der Waals surface area contributed by atoms with Crippen LogP contribution in [0.2, 0.25) is 0 Å². The summed E-state index contributed by atoms with van der Waals surface area (Å²) in [6, 6.07) is 14.5. The molecule has 0 aliphatic rings. The Labute approximate surface area is 155 Å². The normalized spacial score (nSPS) is 10.3. The summed E-state index contributed by atoms with van der Waals surface area (Å²) in [5, 5.41) is 16.6. The van der Waals surface area contributed by atoms with Crippen molar-refractivity contribution in [1.29, 1.82) is 0 Å². The molecule has 0 spiro atoms. The maximum absolute atomic E-state index is 12.7. The van der Waals surface area contributed by atoms with Gasteiger partial charge in [0.15, 0.2) is 0 Å². The topological polar surface area (TPSA) is 110 Å². The summed E-state index contributed by atoms with van der Waals surface area (Å²) >= 11 is 0. The lowest BCUT2D eigenvalue weighted by atomic mass is 10.1. The number of para-hydroxylation sites is 1. The van der Waals surface area contributed by atoms with Gasteiger partial charge in [-0.2, -0.15) is 0 Å². The number of hydrogen-bond acceptors (Lipinski definition) is 6. The minimum absolute atomic E-state index is 0.0946. The van der Waals surface area contributed by atoms with Crippen molar-refractivity contribution in [3.8, 4) is 0 Å². The van der Waals surface area contributed by atoms with Crippen molar-refractivity contribution in [1.82, 2.24) is 9.97 Å². The molecule has 2 aromatic carbocycles. The molecule has 8 nitrogen and oxygen atoms in total. The molecule has 0 radical (unpaired) electrons.